The van der Waals surface area contributed by atoms with Gasteiger partial charge < -0.3 is 9.73 Å². The van der Waals surface area contributed by atoms with Crippen LogP contribution in [-0.4, -0.2) is 6.54 Å². The molecule has 0 amide bonds. The van der Waals surface area contributed by atoms with Gasteiger partial charge in [0.05, 0.1) is 11.3 Å². The van der Waals surface area contributed by atoms with Crippen LogP contribution in [0, 0.1) is 0 Å². The fourth-order valence-electron chi connectivity index (χ4n) is 1.94. The van der Waals surface area contributed by atoms with E-state index >= 15 is 0 Å². The molecule has 2 aromatic rings. The van der Waals surface area contributed by atoms with E-state index in [0.29, 0.717) is 6.04 Å². The second kappa shape index (κ2) is 6.98. The van der Waals surface area contributed by atoms with Crippen LogP contribution in [0.5, 0.6) is 0 Å². The minimum Gasteiger partial charge on any atom is -0.469 e. The van der Waals surface area contributed by atoms with E-state index in [1.54, 1.807) is 17.6 Å². The van der Waals surface area contributed by atoms with Crippen molar-refractivity contribution in [1.29, 1.82) is 0 Å². The molecule has 0 aliphatic carbocycles. The molecule has 1 atom stereocenters. The van der Waals surface area contributed by atoms with Crippen LogP contribution in [0.2, 0.25) is 5.02 Å². The van der Waals surface area contributed by atoms with E-state index in [0.717, 1.165) is 36.6 Å². The number of hydrogen-bond donors (Lipinski definition) is 1. The highest BCUT2D eigenvalue weighted by Crippen LogP contribution is 2.31. The lowest BCUT2D eigenvalue weighted by molar-refractivity contribution is 0.456. The maximum atomic E-state index is 6.22. The van der Waals surface area contributed by atoms with Gasteiger partial charge in [-0.1, -0.05) is 18.5 Å². The van der Waals surface area contributed by atoms with Crippen molar-refractivity contribution in [1.82, 2.24) is 5.32 Å². The van der Waals surface area contributed by atoms with E-state index in [1.165, 1.54) is 4.88 Å². The molecule has 2 heterocycles. The Morgan fingerprint density at radius 3 is 2.94 bits per heavy atom. The molecule has 0 radical (unpaired) electrons. The van der Waals surface area contributed by atoms with Crippen molar-refractivity contribution < 1.29 is 4.42 Å². The van der Waals surface area contributed by atoms with Crippen LogP contribution in [0.4, 0.5) is 0 Å². The highest BCUT2D eigenvalue weighted by atomic mass is 35.5. The van der Waals surface area contributed by atoms with Gasteiger partial charge in [0.1, 0.15) is 5.76 Å². The van der Waals surface area contributed by atoms with Gasteiger partial charge in [-0.25, -0.2) is 0 Å². The summed E-state index contributed by atoms with van der Waals surface area (Å²) in [6, 6.07) is 6.24. The summed E-state index contributed by atoms with van der Waals surface area (Å²) in [6.45, 7) is 3.18. The number of hydrogen-bond acceptors (Lipinski definition) is 3. The van der Waals surface area contributed by atoms with Gasteiger partial charge in [-0.15, -0.1) is 11.3 Å². The summed E-state index contributed by atoms with van der Waals surface area (Å²) in [7, 11) is 0. The molecule has 1 unspecified atom stereocenters. The van der Waals surface area contributed by atoms with E-state index in [-0.39, 0.29) is 0 Å². The van der Waals surface area contributed by atoms with E-state index in [2.05, 4.69) is 12.2 Å². The van der Waals surface area contributed by atoms with Gasteiger partial charge >= 0.3 is 0 Å². The molecular formula is C14H18ClNOS. The maximum Gasteiger partial charge on any atom is 0.103 e. The normalized spacial score (nSPS) is 12.8. The van der Waals surface area contributed by atoms with E-state index < -0.39 is 0 Å². The summed E-state index contributed by atoms with van der Waals surface area (Å²) in [5.41, 5.74) is 0. The molecule has 2 nitrogen and oxygen atoms in total. The second-order valence-electron chi connectivity index (χ2n) is 4.26. The first-order valence-corrected chi connectivity index (χ1v) is 7.55. The van der Waals surface area contributed by atoms with Crippen LogP contribution in [0.15, 0.2) is 34.3 Å². The van der Waals surface area contributed by atoms with Gasteiger partial charge in [-0.2, -0.15) is 0 Å². The highest BCUT2D eigenvalue weighted by Gasteiger charge is 2.15. The van der Waals surface area contributed by atoms with E-state index in [9.17, 15) is 0 Å². The summed E-state index contributed by atoms with van der Waals surface area (Å²) >= 11 is 7.94. The van der Waals surface area contributed by atoms with Crippen molar-refractivity contribution in [3.63, 3.8) is 0 Å². The third kappa shape index (κ3) is 3.61. The first-order chi connectivity index (χ1) is 8.81. The van der Waals surface area contributed by atoms with Gasteiger partial charge in [0.2, 0.25) is 0 Å². The minimum atomic E-state index is 0.322. The van der Waals surface area contributed by atoms with Crippen molar-refractivity contribution in [3.05, 3.63) is 45.5 Å². The SMILES string of the molecule is CCCNC(CCc1ccco1)c1sccc1Cl. The quantitative estimate of drug-likeness (QED) is 0.799. The molecule has 0 spiro atoms. The Kier molecular flexibility index (Phi) is 5.29. The summed E-state index contributed by atoms with van der Waals surface area (Å²) in [6.07, 6.45) is 4.79. The minimum absolute atomic E-state index is 0.322. The molecule has 0 bridgehead atoms. The molecule has 0 aliphatic rings. The molecule has 2 rings (SSSR count). The van der Waals surface area contributed by atoms with Gasteiger partial charge in [0, 0.05) is 17.3 Å². The molecule has 18 heavy (non-hydrogen) atoms. The number of rotatable bonds is 7. The molecule has 0 fully saturated rings. The number of furan rings is 1. The lowest BCUT2D eigenvalue weighted by atomic mass is 10.1. The van der Waals surface area contributed by atoms with Gasteiger partial charge in [0.15, 0.2) is 0 Å². The lowest BCUT2D eigenvalue weighted by Gasteiger charge is -2.17. The van der Waals surface area contributed by atoms with Gasteiger partial charge in [0.25, 0.3) is 0 Å². The van der Waals surface area contributed by atoms with E-state index in [1.807, 2.05) is 23.6 Å². The Morgan fingerprint density at radius 2 is 2.33 bits per heavy atom. The average Bonchev–Trinajstić information content (AvgIpc) is 3.01. The molecule has 0 aromatic carbocycles. The fourth-order valence-corrected chi connectivity index (χ4v) is 3.24. The summed E-state index contributed by atoms with van der Waals surface area (Å²) < 4.78 is 5.38. The van der Waals surface area contributed by atoms with Crippen molar-refractivity contribution in [2.75, 3.05) is 6.54 Å². The lowest BCUT2D eigenvalue weighted by Crippen LogP contribution is -2.22. The van der Waals surface area contributed by atoms with Gasteiger partial charge in [-0.05, 0) is 43.0 Å². The zero-order chi connectivity index (χ0) is 12.8. The van der Waals surface area contributed by atoms with Crippen LogP contribution in [0.25, 0.3) is 0 Å². The Balaban J connectivity index is 1.99. The van der Waals surface area contributed by atoms with Crippen LogP contribution in [0.1, 0.15) is 36.4 Å². The first kappa shape index (κ1) is 13.7. The van der Waals surface area contributed by atoms with Crippen molar-refractivity contribution in [2.24, 2.45) is 0 Å². The van der Waals surface area contributed by atoms with Crippen LogP contribution in [0.3, 0.4) is 0 Å². The Bertz CT molecular complexity index is 452. The second-order valence-corrected chi connectivity index (χ2v) is 5.61. The van der Waals surface area contributed by atoms with Crippen LogP contribution < -0.4 is 5.32 Å². The monoisotopic (exact) mass is 283 g/mol. The third-order valence-electron chi connectivity index (χ3n) is 2.86. The Morgan fingerprint density at radius 1 is 1.44 bits per heavy atom. The van der Waals surface area contributed by atoms with Crippen molar-refractivity contribution in [2.45, 2.75) is 32.2 Å². The topological polar surface area (TPSA) is 25.2 Å². The summed E-state index contributed by atoms with van der Waals surface area (Å²) in [5.74, 6) is 1.03. The summed E-state index contributed by atoms with van der Waals surface area (Å²) in [5, 5.41) is 6.47. The zero-order valence-electron chi connectivity index (χ0n) is 10.5. The molecule has 0 saturated heterocycles. The van der Waals surface area contributed by atoms with Gasteiger partial charge in [-0.3, -0.25) is 0 Å². The largest absolute Gasteiger partial charge is 0.469 e. The molecule has 0 aliphatic heterocycles. The van der Waals surface area contributed by atoms with Crippen molar-refractivity contribution in [3.8, 4) is 0 Å². The molecule has 2 aromatic heterocycles. The molecule has 4 heteroatoms. The predicted molar refractivity (Wildman–Crippen MR) is 77.4 cm³/mol. The smallest absolute Gasteiger partial charge is 0.103 e. The highest BCUT2D eigenvalue weighted by molar-refractivity contribution is 7.10. The Labute approximate surface area is 117 Å². The number of nitrogens with one attached hydrogen (secondary N) is 1. The maximum absolute atomic E-state index is 6.22. The fraction of sp³-hybridized carbons (Fsp3) is 0.429. The predicted octanol–water partition coefficient (Wildman–Crippen LogP) is 4.67. The zero-order valence-corrected chi connectivity index (χ0v) is 12.1. The average molecular weight is 284 g/mol. The number of thiophene rings is 1. The molecule has 1 N–H and O–H groups in total. The molecular weight excluding hydrogens is 266 g/mol. The number of aryl methyl sites for hydroxylation is 1. The Hall–Kier alpha value is -0.770. The number of halogens is 1. The standard InChI is InChI=1S/C14H18ClNOS/c1-2-8-16-13(14-12(15)7-10-18-14)6-5-11-4-3-9-17-11/h3-4,7,9-10,13,16H,2,5-6,8H2,1H3. The molecule has 0 saturated carbocycles. The van der Waals surface area contributed by atoms with Crippen LogP contribution in [-0.2, 0) is 6.42 Å². The third-order valence-corrected chi connectivity index (χ3v) is 4.33. The van der Waals surface area contributed by atoms with Crippen molar-refractivity contribution >= 4 is 22.9 Å². The summed E-state index contributed by atoms with van der Waals surface area (Å²) in [4.78, 5) is 1.23. The van der Waals surface area contributed by atoms with E-state index in [4.69, 9.17) is 16.0 Å². The molecule has 98 valence electrons. The first-order valence-electron chi connectivity index (χ1n) is 6.30. The van der Waals surface area contributed by atoms with Crippen LogP contribution >= 0.6 is 22.9 Å².